The van der Waals surface area contributed by atoms with Gasteiger partial charge in [-0.2, -0.15) is 13.2 Å². The first-order valence-corrected chi connectivity index (χ1v) is 7.99. The van der Waals surface area contributed by atoms with Crippen molar-refractivity contribution in [1.82, 2.24) is 4.72 Å². The van der Waals surface area contributed by atoms with Gasteiger partial charge in [0.05, 0.1) is 14.9 Å². The van der Waals surface area contributed by atoms with E-state index in [1.807, 2.05) is 0 Å². The molecular formula is C14H11BrF3NO2S. The number of rotatable bonds is 4. The zero-order valence-electron chi connectivity index (χ0n) is 11.3. The number of alkyl halides is 3. The first-order valence-electron chi connectivity index (χ1n) is 6.05. The van der Waals surface area contributed by atoms with E-state index in [1.165, 1.54) is 12.1 Å². The molecule has 0 saturated carbocycles. The van der Waals surface area contributed by atoms with Crippen LogP contribution < -0.4 is 9.46 Å². The van der Waals surface area contributed by atoms with Gasteiger partial charge in [0.15, 0.2) is 0 Å². The molecule has 2 aromatic rings. The largest absolute Gasteiger partial charge is 0.456 e. The number of hydrogen-bond donors (Lipinski definition) is 1. The van der Waals surface area contributed by atoms with Crippen molar-refractivity contribution in [3.8, 4) is 11.5 Å². The molecular weight excluding hydrogens is 383 g/mol. The molecule has 0 heterocycles. The van der Waals surface area contributed by atoms with Gasteiger partial charge in [-0.1, -0.05) is 0 Å². The predicted molar refractivity (Wildman–Crippen MR) is 81.1 cm³/mol. The van der Waals surface area contributed by atoms with Crippen LogP contribution in [0.3, 0.4) is 0 Å². The fourth-order valence-corrected chi connectivity index (χ4v) is 2.90. The molecule has 2 rings (SSSR count). The van der Waals surface area contributed by atoms with Crippen LogP contribution in [0.15, 0.2) is 51.8 Å². The third-order valence-electron chi connectivity index (χ3n) is 2.71. The first-order chi connectivity index (χ1) is 10.3. The van der Waals surface area contributed by atoms with Gasteiger partial charge in [-0.15, -0.1) is 0 Å². The maximum atomic E-state index is 12.5. The average Bonchev–Trinajstić information content (AvgIpc) is 2.48. The van der Waals surface area contributed by atoms with Gasteiger partial charge in [0.1, 0.15) is 22.5 Å². The Bertz CT molecular complexity index is 689. The van der Waals surface area contributed by atoms with E-state index in [2.05, 4.69) is 20.7 Å². The predicted octanol–water partition coefficient (Wildman–Crippen LogP) is 4.50. The molecule has 0 saturated heterocycles. The summed E-state index contributed by atoms with van der Waals surface area (Å²) in [6.45, 7) is 0. The van der Waals surface area contributed by atoms with Gasteiger partial charge in [-0.05, 0) is 65.4 Å². The molecule has 1 N–H and O–H groups in total. The topological polar surface area (TPSA) is 38.3 Å². The van der Waals surface area contributed by atoms with E-state index in [-0.39, 0.29) is 5.75 Å². The standard InChI is InChI=1S/C14H11BrF3NO2S/c1-19-22(20)11-6-7-13(12(15)8-11)21-10-4-2-9(3-5-10)14(16,17)18/h2-8,19H,1H3. The molecule has 0 radical (unpaired) electrons. The molecule has 3 nitrogen and oxygen atoms in total. The van der Waals surface area contributed by atoms with Crippen LogP contribution in [-0.4, -0.2) is 11.3 Å². The van der Waals surface area contributed by atoms with Crippen molar-refractivity contribution in [1.29, 1.82) is 0 Å². The molecule has 0 spiro atoms. The molecule has 118 valence electrons. The van der Waals surface area contributed by atoms with Crippen LogP contribution in [0.5, 0.6) is 11.5 Å². The lowest BCUT2D eigenvalue weighted by atomic mass is 10.2. The minimum atomic E-state index is -4.38. The Morgan fingerprint density at radius 2 is 1.77 bits per heavy atom. The maximum Gasteiger partial charge on any atom is 0.416 e. The summed E-state index contributed by atoms with van der Waals surface area (Å²) in [5.74, 6) is 0.688. The second-order valence-corrected chi connectivity index (χ2v) is 6.46. The van der Waals surface area contributed by atoms with E-state index < -0.39 is 22.7 Å². The summed E-state index contributed by atoms with van der Waals surface area (Å²) in [7, 11) is 0.237. The van der Waals surface area contributed by atoms with Crippen molar-refractivity contribution in [3.05, 3.63) is 52.5 Å². The van der Waals surface area contributed by atoms with Gasteiger partial charge >= 0.3 is 6.18 Å². The van der Waals surface area contributed by atoms with Crippen LogP contribution >= 0.6 is 15.9 Å². The van der Waals surface area contributed by atoms with Crippen LogP contribution in [0.2, 0.25) is 0 Å². The van der Waals surface area contributed by atoms with Crippen LogP contribution in [0.1, 0.15) is 5.56 Å². The zero-order valence-corrected chi connectivity index (χ0v) is 13.7. The lowest BCUT2D eigenvalue weighted by Crippen LogP contribution is -2.10. The van der Waals surface area contributed by atoms with Gasteiger partial charge in [-0.25, -0.2) is 8.93 Å². The molecule has 1 unspecified atom stereocenters. The SMILES string of the molecule is CNS(=O)c1ccc(Oc2ccc(C(F)(F)F)cc2)c(Br)c1. The van der Waals surface area contributed by atoms with E-state index in [0.29, 0.717) is 15.1 Å². The van der Waals surface area contributed by atoms with E-state index in [4.69, 9.17) is 4.74 Å². The van der Waals surface area contributed by atoms with Gasteiger partial charge in [0, 0.05) is 0 Å². The second-order valence-electron chi connectivity index (χ2n) is 4.19. The Labute approximate surface area is 136 Å². The van der Waals surface area contributed by atoms with Gasteiger partial charge in [0.2, 0.25) is 0 Å². The van der Waals surface area contributed by atoms with Crippen molar-refractivity contribution < 1.29 is 22.1 Å². The Balaban J connectivity index is 2.19. The third-order valence-corrected chi connectivity index (χ3v) is 4.38. The van der Waals surface area contributed by atoms with Gasteiger partial charge in [0.25, 0.3) is 0 Å². The first kappa shape index (κ1) is 17.0. The van der Waals surface area contributed by atoms with E-state index in [9.17, 15) is 17.4 Å². The molecule has 0 aromatic heterocycles. The van der Waals surface area contributed by atoms with E-state index in [0.717, 1.165) is 12.1 Å². The van der Waals surface area contributed by atoms with Gasteiger partial charge < -0.3 is 4.74 Å². The maximum absolute atomic E-state index is 12.5. The molecule has 1 atom stereocenters. The van der Waals surface area contributed by atoms with Crippen LogP contribution in [0, 0.1) is 0 Å². The van der Waals surface area contributed by atoms with Crippen molar-refractivity contribution in [2.24, 2.45) is 0 Å². The van der Waals surface area contributed by atoms with Crippen molar-refractivity contribution in [2.75, 3.05) is 7.05 Å². The highest BCUT2D eigenvalue weighted by atomic mass is 79.9. The van der Waals surface area contributed by atoms with Crippen molar-refractivity contribution >= 4 is 26.9 Å². The molecule has 0 aliphatic heterocycles. The molecule has 0 amide bonds. The summed E-state index contributed by atoms with van der Waals surface area (Å²) in [5, 5.41) is 0. The molecule has 22 heavy (non-hydrogen) atoms. The number of hydrogen-bond acceptors (Lipinski definition) is 2. The molecule has 0 fully saturated rings. The summed E-state index contributed by atoms with van der Waals surface area (Å²) in [5.41, 5.74) is -0.737. The Morgan fingerprint density at radius 3 is 2.27 bits per heavy atom. The average molecular weight is 394 g/mol. The van der Waals surface area contributed by atoms with E-state index in [1.54, 1.807) is 25.2 Å². The van der Waals surface area contributed by atoms with Crippen molar-refractivity contribution in [2.45, 2.75) is 11.1 Å². The third kappa shape index (κ3) is 4.08. The molecule has 8 heteroatoms. The van der Waals surface area contributed by atoms with Crippen LogP contribution in [-0.2, 0) is 17.2 Å². The Morgan fingerprint density at radius 1 is 1.14 bits per heavy atom. The van der Waals surface area contributed by atoms with Crippen molar-refractivity contribution in [3.63, 3.8) is 0 Å². The quantitative estimate of drug-likeness (QED) is 0.829. The Hall–Kier alpha value is -1.38. The lowest BCUT2D eigenvalue weighted by Gasteiger charge is -2.11. The highest BCUT2D eigenvalue weighted by Gasteiger charge is 2.30. The van der Waals surface area contributed by atoms with Gasteiger partial charge in [-0.3, -0.25) is 0 Å². The minimum absolute atomic E-state index is 0.274. The summed E-state index contributed by atoms with van der Waals surface area (Å²) in [4.78, 5) is 0.550. The number of benzene rings is 2. The molecule has 0 aliphatic carbocycles. The monoisotopic (exact) mass is 393 g/mol. The number of halogens is 4. The highest BCUT2D eigenvalue weighted by Crippen LogP contribution is 2.34. The zero-order chi connectivity index (χ0) is 16.3. The highest BCUT2D eigenvalue weighted by molar-refractivity contribution is 9.10. The van der Waals surface area contributed by atoms with E-state index >= 15 is 0 Å². The fraction of sp³-hybridized carbons (Fsp3) is 0.143. The van der Waals surface area contributed by atoms with Crippen LogP contribution in [0.25, 0.3) is 0 Å². The number of nitrogens with one attached hydrogen (secondary N) is 1. The second kappa shape index (κ2) is 6.80. The summed E-state index contributed by atoms with van der Waals surface area (Å²) < 4.78 is 57.7. The molecule has 0 aliphatic rings. The molecule has 0 bridgehead atoms. The smallest absolute Gasteiger partial charge is 0.416 e. The minimum Gasteiger partial charge on any atom is -0.456 e. The Kier molecular flexibility index (Phi) is 5.25. The lowest BCUT2D eigenvalue weighted by molar-refractivity contribution is -0.137. The fourth-order valence-electron chi connectivity index (χ4n) is 1.64. The summed E-state index contributed by atoms with van der Waals surface area (Å²) in [6, 6.07) is 9.21. The molecule has 2 aromatic carbocycles. The van der Waals surface area contributed by atoms with Crippen LogP contribution in [0.4, 0.5) is 13.2 Å². The summed E-state index contributed by atoms with van der Waals surface area (Å²) in [6.07, 6.45) is -4.38. The summed E-state index contributed by atoms with van der Waals surface area (Å²) >= 11 is 3.28. The number of ether oxygens (including phenoxy) is 1. The normalized spacial score (nSPS) is 13.0.